The van der Waals surface area contributed by atoms with Crippen molar-refractivity contribution in [3.05, 3.63) is 77.4 Å². The minimum atomic E-state index is -0.575. The standard InChI is InChI=1S/C24H24N2O4/c1-16-8-6-9-17(2)23(16)25-21(27)14-26(3)22(28)15-30-24(29)20-13-7-11-18-10-4-5-12-19(18)20/h4-13H,14-15H2,1-3H3,(H,25,27). The predicted molar refractivity (Wildman–Crippen MR) is 116 cm³/mol. The normalized spacial score (nSPS) is 10.5. The fourth-order valence-electron chi connectivity index (χ4n) is 3.21. The zero-order chi connectivity index (χ0) is 21.7. The molecular weight excluding hydrogens is 380 g/mol. The Morgan fingerprint density at radius 3 is 2.27 bits per heavy atom. The quantitative estimate of drug-likeness (QED) is 0.636. The number of esters is 1. The molecule has 0 unspecified atom stereocenters. The Morgan fingerprint density at radius 1 is 0.900 bits per heavy atom. The molecule has 0 atom stereocenters. The van der Waals surface area contributed by atoms with Crippen LogP contribution in [0.5, 0.6) is 0 Å². The lowest BCUT2D eigenvalue weighted by molar-refractivity contribution is -0.136. The first-order chi connectivity index (χ1) is 14.4. The topological polar surface area (TPSA) is 75.7 Å². The minimum absolute atomic E-state index is 0.140. The van der Waals surface area contributed by atoms with E-state index in [1.165, 1.54) is 11.9 Å². The maximum atomic E-state index is 12.5. The number of fused-ring (bicyclic) bond motifs is 1. The van der Waals surface area contributed by atoms with Crippen LogP contribution in [0.25, 0.3) is 10.8 Å². The van der Waals surface area contributed by atoms with Gasteiger partial charge < -0.3 is 15.0 Å². The van der Waals surface area contributed by atoms with Gasteiger partial charge in [-0.2, -0.15) is 0 Å². The fraction of sp³-hybridized carbons (Fsp3) is 0.208. The zero-order valence-corrected chi connectivity index (χ0v) is 17.3. The van der Waals surface area contributed by atoms with Gasteiger partial charge in [0.1, 0.15) is 0 Å². The summed E-state index contributed by atoms with van der Waals surface area (Å²) < 4.78 is 5.20. The van der Waals surface area contributed by atoms with Crippen molar-refractivity contribution in [1.29, 1.82) is 0 Å². The van der Waals surface area contributed by atoms with Crippen LogP contribution in [0.2, 0.25) is 0 Å². The van der Waals surface area contributed by atoms with E-state index >= 15 is 0 Å². The molecule has 0 aliphatic heterocycles. The lowest BCUT2D eigenvalue weighted by Crippen LogP contribution is -2.37. The number of aryl methyl sites for hydroxylation is 2. The molecule has 3 rings (SSSR count). The number of hydrogen-bond donors (Lipinski definition) is 1. The second-order valence-electron chi connectivity index (χ2n) is 7.17. The molecule has 0 saturated heterocycles. The molecule has 154 valence electrons. The number of benzene rings is 3. The van der Waals surface area contributed by atoms with Gasteiger partial charge in [-0.1, -0.05) is 54.6 Å². The third-order valence-corrected chi connectivity index (χ3v) is 4.89. The number of para-hydroxylation sites is 1. The first-order valence-corrected chi connectivity index (χ1v) is 9.61. The minimum Gasteiger partial charge on any atom is -0.452 e. The summed E-state index contributed by atoms with van der Waals surface area (Å²) in [6, 6.07) is 18.5. The molecular formula is C24H24N2O4. The maximum absolute atomic E-state index is 12.5. The average molecular weight is 404 g/mol. The Labute approximate surface area is 175 Å². The van der Waals surface area contributed by atoms with E-state index in [1.807, 2.05) is 62.4 Å². The second-order valence-corrected chi connectivity index (χ2v) is 7.17. The van der Waals surface area contributed by atoms with Crippen LogP contribution in [-0.2, 0) is 14.3 Å². The van der Waals surface area contributed by atoms with Crippen LogP contribution < -0.4 is 5.32 Å². The summed E-state index contributed by atoms with van der Waals surface area (Å²) in [5, 5.41) is 4.51. The lowest BCUT2D eigenvalue weighted by Gasteiger charge is -2.18. The highest BCUT2D eigenvalue weighted by Crippen LogP contribution is 2.20. The highest BCUT2D eigenvalue weighted by atomic mass is 16.5. The Balaban J connectivity index is 1.56. The van der Waals surface area contributed by atoms with Crippen molar-refractivity contribution >= 4 is 34.2 Å². The fourth-order valence-corrected chi connectivity index (χ4v) is 3.21. The third-order valence-electron chi connectivity index (χ3n) is 4.89. The number of anilines is 1. The van der Waals surface area contributed by atoms with Crippen LogP contribution in [0.3, 0.4) is 0 Å². The smallest absolute Gasteiger partial charge is 0.339 e. The molecule has 2 amide bonds. The van der Waals surface area contributed by atoms with Crippen LogP contribution in [0.1, 0.15) is 21.5 Å². The SMILES string of the molecule is Cc1cccc(C)c1NC(=O)CN(C)C(=O)COC(=O)c1cccc2ccccc12. The van der Waals surface area contributed by atoms with Gasteiger partial charge in [-0.25, -0.2) is 4.79 Å². The molecule has 0 aliphatic carbocycles. The number of carbonyl (C=O) groups excluding carboxylic acids is 3. The summed E-state index contributed by atoms with van der Waals surface area (Å²) in [5.41, 5.74) is 3.03. The molecule has 0 radical (unpaired) electrons. The van der Waals surface area contributed by atoms with Crippen molar-refractivity contribution in [3.63, 3.8) is 0 Å². The molecule has 30 heavy (non-hydrogen) atoms. The second kappa shape index (κ2) is 9.22. The van der Waals surface area contributed by atoms with Crippen LogP contribution in [-0.4, -0.2) is 42.9 Å². The molecule has 0 aliphatic rings. The van der Waals surface area contributed by atoms with Crippen LogP contribution in [0.4, 0.5) is 5.69 Å². The van der Waals surface area contributed by atoms with Crippen molar-refractivity contribution in [2.45, 2.75) is 13.8 Å². The van der Waals surface area contributed by atoms with Crippen LogP contribution in [0, 0.1) is 13.8 Å². The zero-order valence-electron chi connectivity index (χ0n) is 17.3. The van der Waals surface area contributed by atoms with Gasteiger partial charge in [0.25, 0.3) is 5.91 Å². The summed E-state index contributed by atoms with van der Waals surface area (Å²) in [6.45, 7) is 3.24. The molecule has 0 fully saturated rings. The van der Waals surface area contributed by atoms with Crippen molar-refractivity contribution in [2.75, 3.05) is 25.5 Å². The number of nitrogens with zero attached hydrogens (tertiary/aromatic N) is 1. The number of nitrogens with one attached hydrogen (secondary N) is 1. The van der Waals surface area contributed by atoms with Gasteiger partial charge in [-0.05, 0) is 41.8 Å². The van der Waals surface area contributed by atoms with E-state index in [2.05, 4.69) is 5.32 Å². The van der Waals surface area contributed by atoms with E-state index in [4.69, 9.17) is 4.74 Å². The van der Waals surface area contributed by atoms with E-state index in [0.717, 1.165) is 27.6 Å². The molecule has 0 saturated carbocycles. The van der Waals surface area contributed by atoms with Crippen LogP contribution in [0.15, 0.2) is 60.7 Å². The molecule has 6 heteroatoms. The number of ether oxygens (including phenoxy) is 1. The number of likely N-dealkylation sites (N-methyl/N-ethyl adjacent to an activating group) is 1. The van der Waals surface area contributed by atoms with Gasteiger partial charge in [-0.3, -0.25) is 9.59 Å². The highest BCUT2D eigenvalue weighted by molar-refractivity contribution is 6.05. The predicted octanol–water partition coefficient (Wildman–Crippen LogP) is 3.71. The average Bonchev–Trinajstić information content (AvgIpc) is 2.74. The number of carbonyl (C=O) groups is 3. The number of hydrogen-bond acceptors (Lipinski definition) is 4. The molecule has 3 aromatic carbocycles. The Kier molecular flexibility index (Phi) is 6.47. The molecule has 3 aromatic rings. The molecule has 0 heterocycles. The summed E-state index contributed by atoms with van der Waals surface area (Å²) >= 11 is 0. The first-order valence-electron chi connectivity index (χ1n) is 9.61. The molecule has 0 bridgehead atoms. The third kappa shape index (κ3) is 4.84. The van der Waals surface area contributed by atoms with Crippen molar-refractivity contribution in [1.82, 2.24) is 4.90 Å². The summed E-state index contributed by atoms with van der Waals surface area (Å²) in [5.74, 6) is -1.35. The Hall–Kier alpha value is -3.67. The highest BCUT2D eigenvalue weighted by Gasteiger charge is 2.18. The monoisotopic (exact) mass is 404 g/mol. The van der Waals surface area contributed by atoms with Gasteiger partial charge in [0.05, 0.1) is 12.1 Å². The van der Waals surface area contributed by atoms with Gasteiger partial charge in [-0.15, -0.1) is 0 Å². The van der Waals surface area contributed by atoms with E-state index in [1.54, 1.807) is 12.1 Å². The number of amides is 2. The van der Waals surface area contributed by atoms with E-state index < -0.39 is 18.5 Å². The first kappa shape index (κ1) is 21.0. The Bertz CT molecular complexity index is 1080. The summed E-state index contributed by atoms with van der Waals surface area (Å²) in [4.78, 5) is 38.3. The Morgan fingerprint density at radius 2 is 1.53 bits per heavy atom. The molecule has 6 nitrogen and oxygen atoms in total. The maximum Gasteiger partial charge on any atom is 0.339 e. The summed E-state index contributed by atoms with van der Waals surface area (Å²) in [6.07, 6.45) is 0. The number of rotatable bonds is 6. The van der Waals surface area contributed by atoms with E-state index in [9.17, 15) is 14.4 Å². The molecule has 1 N–H and O–H groups in total. The van der Waals surface area contributed by atoms with Gasteiger partial charge in [0.15, 0.2) is 6.61 Å². The largest absolute Gasteiger partial charge is 0.452 e. The van der Waals surface area contributed by atoms with Gasteiger partial charge >= 0.3 is 5.97 Å². The molecule has 0 aromatic heterocycles. The molecule has 0 spiro atoms. The lowest BCUT2D eigenvalue weighted by atomic mass is 10.1. The van der Waals surface area contributed by atoms with Crippen molar-refractivity contribution < 1.29 is 19.1 Å². The summed E-state index contributed by atoms with van der Waals surface area (Å²) in [7, 11) is 1.50. The van der Waals surface area contributed by atoms with E-state index in [0.29, 0.717) is 5.56 Å². The van der Waals surface area contributed by atoms with Crippen molar-refractivity contribution in [2.24, 2.45) is 0 Å². The van der Waals surface area contributed by atoms with Crippen molar-refractivity contribution in [3.8, 4) is 0 Å². The van der Waals surface area contributed by atoms with Gasteiger partial charge in [0.2, 0.25) is 5.91 Å². The van der Waals surface area contributed by atoms with Gasteiger partial charge in [0, 0.05) is 12.7 Å². The van der Waals surface area contributed by atoms with Crippen LogP contribution >= 0.6 is 0 Å². The van der Waals surface area contributed by atoms with E-state index in [-0.39, 0.29) is 12.5 Å².